The third kappa shape index (κ3) is 7.31. The Morgan fingerprint density at radius 3 is 1.28 bits per heavy atom. The Hall–Kier alpha value is -2.45. The van der Waals surface area contributed by atoms with Crippen molar-refractivity contribution in [2.75, 3.05) is 13.2 Å². The highest BCUT2D eigenvalue weighted by molar-refractivity contribution is 6.08. The lowest BCUT2D eigenvalue weighted by Gasteiger charge is -2.39. The molecule has 0 bridgehead atoms. The summed E-state index contributed by atoms with van der Waals surface area (Å²) in [5.74, 6) is -2.73. The van der Waals surface area contributed by atoms with Gasteiger partial charge in [-0.25, -0.2) is 4.79 Å². The second-order valence-corrected chi connectivity index (χ2v) is 8.36. The SMILES string of the molecule is CCOC(=O)CC(=O)N(C(=O)N(C(=O)CC(=O)OCC)C1CCCCC1)C1CCCCC1. The van der Waals surface area contributed by atoms with Crippen LogP contribution in [0.1, 0.15) is 90.9 Å². The molecule has 9 heteroatoms. The van der Waals surface area contributed by atoms with Crippen LogP contribution in [0, 0.1) is 0 Å². The predicted octanol–water partition coefficient (Wildman–Crippen LogP) is 3.34. The van der Waals surface area contributed by atoms with Crippen LogP contribution in [0.3, 0.4) is 0 Å². The number of nitrogens with zero attached hydrogens (tertiary/aromatic N) is 2. The lowest BCUT2D eigenvalue weighted by atomic mass is 9.92. The maximum Gasteiger partial charge on any atom is 0.333 e. The number of imide groups is 2. The second-order valence-electron chi connectivity index (χ2n) is 8.36. The molecule has 0 aromatic carbocycles. The van der Waals surface area contributed by atoms with Crippen molar-refractivity contribution in [2.24, 2.45) is 0 Å². The number of hydrogen-bond acceptors (Lipinski definition) is 7. The first-order chi connectivity index (χ1) is 15.4. The Morgan fingerprint density at radius 2 is 0.969 bits per heavy atom. The summed E-state index contributed by atoms with van der Waals surface area (Å²) >= 11 is 0. The minimum Gasteiger partial charge on any atom is -0.466 e. The summed E-state index contributed by atoms with van der Waals surface area (Å²) in [6.45, 7) is 3.56. The lowest BCUT2D eigenvalue weighted by Crippen LogP contribution is -2.57. The predicted molar refractivity (Wildman–Crippen MR) is 115 cm³/mol. The molecule has 0 aromatic rings. The molecule has 2 aliphatic carbocycles. The summed E-state index contributed by atoms with van der Waals surface area (Å²) in [4.78, 5) is 66.0. The molecule has 2 rings (SSSR count). The molecule has 32 heavy (non-hydrogen) atoms. The van der Waals surface area contributed by atoms with Gasteiger partial charge in [0.15, 0.2) is 0 Å². The first-order valence-corrected chi connectivity index (χ1v) is 11.9. The van der Waals surface area contributed by atoms with E-state index in [-0.39, 0.29) is 25.3 Å². The zero-order valence-electron chi connectivity index (χ0n) is 19.3. The molecule has 0 aromatic heterocycles. The fraction of sp³-hybridized carbons (Fsp3) is 0.783. The van der Waals surface area contributed by atoms with Gasteiger partial charge >= 0.3 is 18.0 Å². The molecule has 0 N–H and O–H groups in total. The first-order valence-electron chi connectivity index (χ1n) is 11.9. The van der Waals surface area contributed by atoms with Crippen molar-refractivity contribution in [1.82, 2.24) is 9.80 Å². The van der Waals surface area contributed by atoms with Gasteiger partial charge in [-0.2, -0.15) is 0 Å². The first kappa shape index (κ1) is 25.8. The van der Waals surface area contributed by atoms with Gasteiger partial charge in [0.2, 0.25) is 11.8 Å². The van der Waals surface area contributed by atoms with Gasteiger partial charge in [-0.3, -0.25) is 29.0 Å². The van der Waals surface area contributed by atoms with Crippen LogP contribution < -0.4 is 0 Å². The number of ether oxygens (including phenoxy) is 2. The zero-order chi connectivity index (χ0) is 23.5. The van der Waals surface area contributed by atoms with Gasteiger partial charge in [-0.15, -0.1) is 0 Å². The standard InChI is InChI=1S/C23H36N2O7/c1-3-31-21(28)15-19(26)24(17-11-7-5-8-12-17)23(30)25(18-13-9-6-10-14-18)20(27)16-22(29)32-4-2/h17-18H,3-16H2,1-2H3. The number of rotatable bonds is 8. The van der Waals surface area contributed by atoms with Gasteiger partial charge in [0.25, 0.3) is 0 Å². The third-order valence-electron chi connectivity index (χ3n) is 6.03. The molecule has 4 amide bonds. The van der Waals surface area contributed by atoms with Crippen molar-refractivity contribution < 1.29 is 33.4 Å². The van der Waals surface area contributed by atoms with Crippen molar-refractivity contribution in [3.05, 3.63) is 0 Å². The fourth-order valence-electron chi connectivity index (χ4n) is 4.57. The van der Waals surface area contributed by atoms with Gasteiger partial charge in [0.05, 0.1) is 13.2 Å². The minimum absolute atomic E-state index is 0.135. The molecule has 2 aliphatic rings. The Labute approximate surface area is 189 Å². The molecule has 0 aliphatic heterocycles. The van der Waals surface area contributed by atoms with Crippen LogP contribution >= 0.6 is 0 Å². The Morgan fingerprint density at radius 1 is 0.625 bits per heavy atom. The molecule has 180 valence electrons. The Balaban J connectivity index is 2.31. The monoisotopic (exact) mass is 452 g/mol. The highest BCUT2D eigenvalue weighted by Crippen LogP contribution is 2.28. The van der Waals surface area contributed by atoms with Crippen LogP contribution in [0.5, 0.6) is 0 Å². The van der Waals surface area contributed by atoms with Crippen molar-refractivity contribution >= 4 is 29.8 Å². The van der Waals surface area contributed by atoms with E-state index in [2.05, 4.69) is 0 Å². The number of esters is 2. The third-order valence-corrected chi connectivity index (χ3v) is 6.03. The summed E-state index contributed by atoms with van der Waals surface area (Å²) in [6, 6.07) is -1.48. The average molecular weight is 453 g/mol. The van der Waals surface area contributed by atoms with E-state index in [1.165, 1.54) is 0 Å². The molecule has 9 nitrogen and oxygen atoms in total. The Bertz CT molecular complexity index is 626. The summed E-state index contributed by atoms with van der Waals surface area (Å²) in [5.41, 5.74) is 0. The van der Waals surface area contributed by atoms with Crippen LogP contribution in [0.15, 0.2) is 0 Å². The van der Waals surface area contributed by atoms with E-state index in [1.54, 1.807) is 13.8 Å². The summed E-state index contributed by atoms with van der Waals surface area (Å²) in [5, 5.41) is 0. The van der Waals surface area contributed by atoms with Crippen LogP contribution in [0.25, 0.3) is 0 Å². The van der Waals surface area contributed by atoms with E-state index < -0.39 is 42.6 Å². The zero-order valence-corrected chi connectivity index (χ0v) is 19.3. The summed E-state index contributed by atoms with van der Waals surface area (Å²) in [7, 11) is 0. The van der Waals surface area contributed by atoms with E-state index in [0.717, 1.165) is 48.3 Å². The maximum atomic E-state index is 13.7. The van der Waals surface area contributed by atoms with Gasteiger partial charge in [0.1, 0.15) is 12.8 Å². The average Bonchev–Trinajstić information content (AvgIpc) is 2.75. The van der Waals surface area contributed by atoms with Gasteiger partial charge in [-0.05, 0) is 39.5 Å². The molecular weight excluding hydrogens is 416 g/mol. The van der Waals surface area contributed by atoms with Crippen molar-refractivity contribution in [3.8, 4) is 0 Å². The van der Waals surface area contributed by atoms with Gasteiger partial charge in [-0.1, -0.05) is 38.5 Å². The highest BCUT2D eigenvalue weighted by Gasteiger charge is 2.40. The van der Waals surface area contributed by atoms with Crippen molar-refractivity contribution in [1.29, 1.82) is 0 Å². The number of amides is 4. The van der Waals surface area contributed by atoms with E-state index in [9.17, 15) is 24.0 Å². The molecular formula is C23H36N2O7. The van der Waals surface area contributed by atoms with Gasteiger partial charge in [0, 0.05) is 12.1 Å². The van der Waals surface area contributed by atoms with E-state index >= 15 is 0 Å². The maximum absolute atomic E-state index is 13.7. The summed E-state index contributed by atoms with van der Waals surface area (Å²) in [6.07, 6.45) is 6.88. The molecule has 0 atom stereocenters. The largest absolute Gasteiger partial charge is 0.466 e. The number of carbonyl (C=O) groups is 5. The molecule has 0 spiro atoms. The Kier molecular flexibility index (Phi) is 10.6. The van der Waals surface area contributed by atoms with Crippen LogP contribution in [0.4, 0.5) is 4.79 Å². The van der Waals surface area contributed by atoms with Crippen molar-refractivity contribution in [3.63, 3.8) is 0 Å². The van der Waals surface area contributed by atoms with Crippen LogP contribution in [-0.4, -0.2) is 64.9 Å². The van der Waals surface area contributed by atoms with Crippen LogP contribution in [-0.2, 0) is 28.7 Å². The van der Waals surface area contributed by atoms with E-state index in [4.69, 9.17) is 9.47 Å². The highest BCUT2D eigenvalue weighted by atomic mass is 16.5. The van der Waals surface area contributed by atoms with Crippen molar-refractivity contribution in [2.45, 2.75) is 103 Å². The quantitative estimate of drug-likeness (QED) is 0.410. The minimum atomic E-state index is -0.729. The second kappa shape index (κ2) is 13.2. The number of carbonyl (C=O) groups excluding carboxylic acids is 5. The lowest BCUT2D eigenvalue weighted by molar-refractivity contribution is -0.148. The van der Waals surface area contributed by atoms with Crippen LogP contribution in [0.2, 0.25) is 0 Å². The molecule has 0 saturated heterocycles. The van der Waals surface area contributed by atoms with Gasteiger partial charge < -0.3 is 9.47 Å². The summed E-state index contributed by atoms with van der Waals surface area (Å²) < 4.78 is 9.79. The smallest absolute Gasteiger partial charge is 0.333 e. The fourth-order valence-corrected chi connectivity index (χ4v) is 4.57. The van der Waals surface area contributed by atoms with E-state index in [0.29, 0.717) is 25.7 Å². The normalized spacial score (nSPS) is 17.3. The number of hydrogen-bond donors (Lipinski definition) is 0. The molecule has 0 unspecified atom stereocenters. The molecule has 0 heterocycles. The van der Waals surface area contributed by atoms with E-state index in [1.807, 2.05) is 0 Å². The molecule has 2 saturated carbocycles. The number of urea groups is 1. The topological polar surface area (TPSA) is 110 Å². The molecule has 0 radical (unpaired) electrons. The molecule has 2 fully saturated rings.